The van der Waals surface area contributed by atoms with Gasteiger partial charge in [-0.15, -0.1) is 0 Å². The molecule has 5 aliphatic rings. The lowest BCUT2D eigenvalue weighted by Gasteiger charge is -2.43. The molecule has 0 radical (unpaired) electrons. The SMILES string of the molecule is CN(C)C(=O)c1nn2c(c1Cl)CN(c1c(F)c(OCC34CCCN3CC(F)C4)nc3c1COC1(CCCc4ccc(N)cc41)C3)CCC2. The van der Waals surface area contributed by atoms with E-state index in [1.807, 2.05) is 17.0 Å². The Labute approximate surface area is 284 Å². The quantitative estimate of drug-likeness (QED) is 0.375. The predicted molar refractivity (Wildman–Crippen MR) is 178 cm³/mol. The van der Waals surface area contributed by atoms with Gasteiger partial charge in [0.1, 0.15) is 12.8 Å². The van der Waals surface area contributed by atoms with E-state index in [-0.39, 0.29) is 42.3 Å². The number of carbonyl (C=O) groups is 1. The average molecular weight is 682 g/mol. The predicted octanol–water partition coefficient (Wildman–Crippen LogP) is 5.02. The maximum Gasteiger partial charge on any atom is 0.275 e. The van der Waals surface area contributed by atoms with Crippen molar-refractivity contribution in [3.05, 3.63) is 62.8 Å². The highest BCUT2D eigenvalue weighted by Gasteiger charge is 2.50. The van der Waals surface area contributed by atoms with Gasteiger partial charge < -0.3 is 25.0 Å². The van der Waals surface area contributed by atoms with Gasteiger partial charge in [0.05, 0.1) is 46.4 Å². The van der Waals surface area contributed by atoms with Crippen LogP contribution in [-0.4, -0.2) is 82.5 Å². The van der Waals surface area contributed by atoms with Gasteiger partial charge in [0.25, 0.3) is 11.8 Å². The Morgan fingerprint density at radius 3 is 2.90 bits per heavy atom. The van der Waals surface area contributed by atoms with Crippen LogP contribution in [0.2, 0.25) is 5.02 Å². The van der Waals surface area contributed by atoms with E-state index in [0.717, 1.165) is 49.9 Å². The third kappa shape index (κ3) is 5.13. The zero-order chi connectivity index (χ0) is 33.4. The van der Waals surface area contributed by atoms with Gasteiger partial charge in [0.2, 0.25) is 5.82 Å². The smallest absolute Gasteiger partial charge is 0.275 e. The van der Waals surface area contributed by atoms with Crippen LogP contribution in [0.5, 0.6) is 5.88 Å². The summed E-state index contributed by atoms with van der Waals surface area (Å²) in [5.74, 6) is -0.920. The fraction of sp³-hybridized carbons (Fsp3) is 0.571. The van der Waals surface area contributed by atoms with Crippen molar-refractivity contribution in [1.29, 1.82) is 0 Å². The minimum absolute atomic E-state index is 0.0692. The number of halogens is 3. The first-order valence-electron chi connectivity index (χ1n) is 17.1. The molecule has 3 aromatic rings. The first kappa shape index (κ1) is 31.8. The van der Waals surface area contributed by atoms with Crippen molar-refractivity contribution in [2.45, 2.75) is 88.4 Å². The van der Waals surface area contributed by atoms with Crippen molar-refractivity contribution in [1.82, 2.24) is 24.6 Å². The van der Waals surface area contributed by atoms with Crippen LogP contribution in [0.4, 0.5) is 20.2 Å². The Balaban J connectivity index is 1.20. The maximum absolute atomic E-state index is 17.0. The molecule has 2 N–H and O–H groups in total. The van der Waals surface area contributed by atoms with Crippen LogP contribution in [0.15, 0.2) is 18.2 Å². The van der Waals surface area contributed by atoms with E-state index in [0.29, 0.717) is 61.5 Å². The number of anilines is 2. The van der Waals surface area contributed by atoms with E-state index in [4.69, 9.17) is 31.8 Å². The highest BCUT2D eigenvalue weighted by atomic mass is 35.5. The number of nitrogens with zero attached hydrogens (tertiary/aromatic N) is 6. The Hall–Kier alpha value is -3.48. The van der Waals surface area contributed by atoms with Crippen molar-refractivity contribution in [3.8, 4) is 5.88 Å². The summed E-state index contributed by atoms with van der Waals surface area (Å²) in [5.41, 5.74) is 10.7. The lowest BCUT2D eigenvalue weighted by Crippen LogP contribution is -2.44. The summed E-state index contributed by atoms with van der Waals surface area (Å²) in [6.45, 7) is 2.84. The number of alkyl halides is 1. The molecule has 0 bridgehead atoms. The van der Waals surface area contributed by atoms with Crippen molar-refractivity contribution in [2.24, 2.45) is 0 Å². The van der Waals surface area contributed by atoms with E-state index in [9.17, 15) is 9.18 Å². The molecule has 1 spiro atoms. The average Bonchev–Trinajstić information content (AvgIpc) is 3.63. The molecular formula is C35H42ClF2N7O3. The molecule has 10 nitrogen and oxygen atoms in total. The zero-order valence-electron chi connectivity index (χ0n) is 27.5. The lowest BCUT2D eigenvalue weighted by molar-refractivity contribution is -0.0855. The molecule has 1 amide bonds. The number of fused-ring (bicyclic) bond motifs is 5. The van der Waals surface area contributed by atoms with Gasteiger partial charge in [0, 0.05) is 57.8 Å². The standard InChI is InChI=1S/C35H42ClF2N7O3/c1-42(2)33(46)30-28(36)27-18-43(11-5-13-45(27)41-30)31-24-19-48-35(10-3-6-21-7-8-23(39)14-25(21)35)16-26(24)40-32(29(31)38)47-20-34-9-4-12-44(34)17-22(37)15-34/h7-8,14,22H,3-6,9-13,15-20,39H2,1-2H3. The molecule has 13 heteroatoms. The molecular weight excluding hydrogens is 640 g/mol. The Morgan fingerprint density at radius 2 is 2.06 bits per heavy atom. The molecule has 8 rings (SSSR count). The number of nitrogens with two attached hydrogens (primary N) is 1. The summed E-state index contributed by atoms with van der Waals surface area (Å²) in [7, 11) is 3.32. The highest BCUT2D eigenvalue weighted by Crippen LogP contribution is 2.48. The van der Waals surface area contributed by atoms with E-state index in [1.54, 1.807) is 18.8 Å². The molecule has 0 saturated carbocycles. The van der Waals surface area contributed by atoms with Gasteiger partial charge in [-0.25, -0.2) is 9.37 Å². The van der Waals surface area contributed by atoms with Gasteiger partial charge in [-0.1, -0.05) is 17.7 Å². The number of hydrogen-bond acceptors (Lipinski definition) is 8. The Morgan fingerprint density at radius 1 is 1.21 bits per heavy atom. The van der Waals surface area contributed by atoms with Crippen LogP contribution in [0.25, 0.3) is 0 Å². The number of aryl methyl sites for hydroxylation is 2. The zero-order valence-corrected chi connectivity index (χ0v) is 28.3. The van der Waals surface area contributed by atoms with Gasteiger partial charge in [-0.05, 0) is 68.3 Å². The first-order valence-corrected chi connectivity index (χ1v) is 17.4. The molecule has 4 aliphatic heterocycles. The third-order valence-corrected chi connectivity index (χ3v) is 11.6. The molecule has 48 heavy (non-hydrogen) atoms. The summed E-state index contributed by atoms with van der Waals surface area (Å²) < 4.78 is 46.5. The number of ether oxygens (including phenoxy) is 2. The van der Waals surface area contributed by atoms with Crippen LogP contribution in [-0.2, 0) is 42.9 Å². The number of amides is 1. The summed E-state index contributed by atoms with van der Waals surface area (Å²) >= 11 is 6.81. The number of nitrogen functional groups attached to an aromatic ring is 1. The monoisotopic (exact) mass is 681 g/mol. The molecule has 3 unspecified atom stereocenters. The Bertz CT molecular complexity index is 1790. The number of hydrogen-bond donors (Lipinski definition) is 1. The van der Waals surface area contributed by atoms with Crippen LogP contribution in [0.3, 0.4) is 0 Å². The topological polar surface area (TPSA) is 102 Å². The molecule has 2 saturated heterocycles. The van der Waals surface area contributed by atoms with Gasteiger partial charge >= 0.3 is 0 Å². The van der Waals surface area contributed by atoms with Crippen molar-refractivity contribution >= 4 is 28.9 Å². The number of carbonyl (C=O) groups excluding carboxylic acids is 1. The van der Waals surface area contributed by atoms with E-state index in [2.05, 4.69) is 16.1 Å². The van der Waals surface area contributed by atoms with Crippen molar-refractivity contribution in [3.63, 3.8) is 0 Å². The summed E-state index contributed by atoms with van der Waals surface area (Å²) in [6, 6.07) is 6.01. The van der Waals surface area contributed by atoms with Gasteiger partial charge in [-0.3, -0.25) is 14.4 Å². The normalized spacial score (nSPS) is 26.5. The second-order valence-electron chi connectivity index (χ2n) is 14.4. The molecule has 1 aliphatic carbocycles. The maximum atomic E-state index is 17.0. The summed E-state index contributed by atoms with van der Waals surface area (Å²) in [5, 5.41) is 4.82. The molecule has 6 heterocycles. The van der Waals surface area contributed by atoms with Crippen molar-refractivity contribution in [2.75, 3.05) is 51.0 Å². The molecule has 2 aromatic heterocycles. The number of rotatable bonds is 5. The number of pyridine rings is 1. The van der Waals surface area contributed by atoms with Crippen LogP contribution in [0, 0.1) is 5.82 Å². The molecule has 3 atom stereocenters. The highest BCUT2D eigenvalue weighted by molar-refractivity contribution is 6.34. The molecule has 2 fully saturated rings. The van der Waals surface area contributed by atoms with Crippen LogP contribution >= 0.6 is 11.6 Å². The van der Waals surface area contributed by atoms with Gasteiger partial charge in [-0.2, -0.15) is 9.49 Å². The summed E-state index contributed by atoms with van der Waals surface area (Å²) in [4.78, 5) is 23.3. The van der Waals surface area contributed by atoms with Gasteiger partial charge in [0.15, 0.2) is 5.69 Å². The summed E-state index contributed by atoms with van der Waals surface area (Å²) in [6.07, 6.45) is 5.02. The van der Waals surface area contributed by atoms with E-state index < -0.39 is 23.1 Å². The largest absolute Gasteiger partial charge is 0.474 e. The molecule has 1 aromatic carbocycles. The minimum Gasteiger partial charge on any atom is -0.474 e. The van der Waals surface area contributed by atoms with Crippen LogP contribution < -0.4 is 15.4 Å². The van der Waals surface area contributed by atoms with E-state index >= 15 is 4.39 Å². The van der Waals surface area contributed by atoms with Crippen LogP contribution in [0.1, 0.15) is 77.1 Å². The van der Waals surface area contributed by atoms with Crippen molar-refractivity contribution < 1.29 is 23.0 Å². The first-order chi connectivity index (χ1) is 23.1. The fourth-order valence-corrected chi connectivity index (χ4v) is 9.08. The second-order valence-corrected chi connectivity index (χ2v) is 14.8. The number of aromatic nitrogens is 3. The lowest BCUT2D eigenvalue weighted by atomic mass is 9.74. The Kier molecular flexibility index (Phi) is 7.84. The van der Waals surface area contributed by atoms with E-state index in [1.165, 1.54) is 10.5 Å². The fourth-order valence-electron chi connectivity index (χ4n) is 8.81. The second kappa shape index (κ2) is 11.8. The number of benzene rings is 1. The minimum atomic E-state index is -0.919. The molecule has 256 valence electrons. The third-order valence-electron chi connectivity index (χ3n) is 11.2.